The Balaban J connectivity index is 1.44. The number of hydrogen-bond donors (Lipinski definition) is 2. The summed E-state index contributed by atoms with van der Waals surface area (Å²) >= 11 is 1.09. The number of ether oxygens (including phenoxy) is 2. The van der Waals surface area contributed by atoms with E-state index in [0.717, 1.165) is 35.6 Å². The summed E-state index contributed by atoms with van der Waals surface area (Å²) in [4.78, 5) is 52.1. The predicted molar refractivity (Wildman–Crippen MR) is 158 cm³/mol. The van der Waals surface area contributed by atoms with Crippen LogP contribution in [0.25, 0.3) is 11.2 Å². The molecule has 5 rings (SSSR count). The molecule has 3 aliphatic carbocycles. The van der Waals surface area contributed by atoms with Crippen molar-refractivity contribution in [2.24, 2.45) is 34.0 Å². The fourth-order valence-electron chi connectivity index (χ4n) is 8.14. The summed E-state index contributed by atoms with van der Waals surface area (Å²) in [5.41, 5.74) is 4.76. The first-order valence-electron chi connectivity index (χ1n) is 14.7. The van der Waals surface area contributed by atoms with E-state index in [0.29, 0.717) is 23.4 Å². The number of nitrogens with two attached hydrogens (primary N) is 1. The van der Waals surface area contributed by atoms with Gasteiger partial charge in [-0.05, 0) is 49.9 Å². The first-order valence-corrected chi connectivity index (χ1v) is 15.6. The second kappa shape index (κ2) is 10.9. The maximum atomic E-state index is 13.6. The number of Topliss-reactive ketones (excluding diaryl/α,β-unsaturated/α-hetero) is 1. The Morgan fingerprint density at radius 1 is 1.29 bits per heavy atom. The summed E-state index contributed by atoms with van der Waals surface area (Å²) in [7, 11) is 0. The Bertz CT molecular complexity index is 1430. The highest BCUT2D eigenvalue weighted by Gasteiger charge is 2.68. The molecule has 11 nitrogen and oxygen atoms in total. The van der Waals surface area contributed by atoms with Crippen molar-refractivity contribution in [2.45, 2.75) is 84.0 Å². The smallest absolute Gasteiger partial charge is 0.420 e. The molecule has 2 bridgehead atoms. The highest BCUT2D eigenvalue weighted by Crippen LogP contribution is 2.68. The van der Waals surface area contributed by atoms with Crippen molar-refractivity contribution in [3.05, 3.63) is 19.0 Å². The summed E-state index contributed by atoms with van der Waals surface area (Å²) in [5, 5.41) is 12.0. The third kappa shape index (κ3) is 4.61. The second-order valence-corrected chi connectivity index (χ2v) is 13.7. The van der Waals surface area contributed by atoms with Crippen LogP contribution >= 0.6 is 11.8 Å². The molecule has 2 aromatic rings. The van der Waals surface area contributed by atoms with Gasteiger partial charge in [-0.25, -0.2) is 19.3 Å². The minimum absolute atomic E-state index is 0.0751. The predicted octanol–water partition coefficient (Wildman–Crippen LogP) is 4.41. The number of ketones is 1. The number of thioether (sulfide) groups is 1. The van der Waals surface area contributed by atoms with Gasteiger partial charge >= 0.3 is 12.1 Å². The molecule has 42 heavy (non-hydrogen) atoms. The molecule has 0 aliphatic heterocycles. The summed E-state index contributed by atoms with van der Waals surface area (Å²) in [6.45, 7) is 14.2. The van der Waals surface area contributed by atoms with Gasteiger partial charge in [0.15, 0.2) is 5.65 Å². The van der Waals surface area contributed by atoms with Gasteiger partial charge in [0.05, 0.1) is 18.5 Å². The number of nitrogen functional groups attached to an aromatic ring is 1. The van der Waals surface area contributed by atoms with Crippen molar-refractivity contribution in [2.75, 3.05) is 18.1 Å². The van der Waals surface area contributed by atoms with Crippen molar-refractivity contribution in [1.29, 1.82) is 0 Å². The van der Waals surface area contributed by atoms with Gasteiger partial charge in [-0.1, -0.05) is 45.5 Å². The van der Waals surface area contributed by atoms with Crippen molar-refractivity contribution in [3.63, 3.8) is 0 Å². The Morgan fingerprint density at radius 2 is 2.02 bits per heavy atom. The average molecular weight is 600 g/mol. The fraction of sp³-hybridized carbons (Fsp3) is 0.667. The number of aromatic nitrogens is 4. The topological polar surface area (TPSA) is 160 Å². The van der Waals surface area contributed by atoms with Crippen molar-refractivity contribution in [3.8, 4) is 0 Å². The first kappa shape index (κ1) is 30.5. The van der Waals surface area contributed by atoms with Gasteiger partial charge < -0.3 is 20.3 Å². The number of imidazole rings is 1. The van der Waals surface area contributed by atoms with E-state index in [1.54, 1.807) is 13.0 Å². The molecule has 3 saturated carbocycles. The van der Waals surface area contributed by atoms with E-state index in [9.17, 15) is 19.5 Å². The molecule has 2 heterocycles. The molecular weight excluding hydrogens is 558 g/mol. The molecule has 3 aliphatic rings. The van der Waals surface area contributed by atoms with Crippen LogP contribution in [0.15, 0.2) is 24.0 Å². The largest absolute Gasteiger partial charge is 0.461 e. The quantitative estimate of drug-likeness (QED) is 0.209. The highest BCUT2D eigenvalue weighted by molar-refractivity contribution is 8.00. The third-order valence-corrected chi connectivity index (χ3v) is 11.7. The molecule has 12 heteroatoms. The molecular formula is C30H41N5O6S. The number of esters is 1. The van der Waals surface area contributed by atoms with Crippen molar-refractivity contribution >= 4 is 46.7 Å². The van der Waals surface area contributed by atoms with Crippen LogP contribution in [0.3, 0.4) is 0 Å². The summed E-state index contributed by atoms with van der Waals surface area (Å²) in [5.74, 6) is -0.725. The van der Waals surface area contributed by atoms with Crippen LogP contribution in [0.5, 0.6) is 0 Å². The Kier molecular flexibility index (Phi) is 7.93. The Morgan fingerprint density at radius 3 is 2.71 bits per heavy atom. The molecule has 0 amide bonds. The minimum atomic E-state index is -0.733. The van der Waals surface area contributed by atoms with Gasteiger partial charge in [0, 0.05) is 23.2 Å². The van der Waals surface area contributed by atoms with Crippen LogP contribution in [0.2, 0.25) is 0 Å². The van der Waals surface area contributed by atoms with Crippen LogP contribution in [0.4, 0.5) is 10.7 Å². The minimum Gasteiger partial charge on any atom is -0.461 e. The van der Waals surface area contributed by atoms with Gasteiger partial charge in [-0.2, -0.15) is 4.98 Å². The van der Waals surface area contributed by atoms with E-state index >= 15 is 0 Å². The number of anilines is 1. The van der Waals surface area contributed by atoms with Crippen LogP contribution in [0, 0.1) is 34.0 Å². The number of fused-ring (bicyclic) bond motifs is 1. The van der Waals surface area contributed by atoms with E-state index in [1.807, 2.05) is 6.92 Å². The third-order valence-electron chi connectivity index (χ3n) is 10.7. The maximum absolute atomic E-state index is 13.6. The van der Waals surface area contributed by atoms with Crippen LogP contribution in [-0.4, -0.2) is 67.0 Å². The SMILES string of the molecule is C=C[C@]1(C)C[C@@H](OC(=O)CSc2nc(N)nc3c2ncn3C(=O)OCC)[C@@]2(C)C3C(=O)CC[C@@]3(CC[C@H]2C)[C@@H](C)[C@@H]1O. The Hall–Kier alpha value is -2.99. The van der Waals surface area contributed by atoms with Crippen LogP contribution < -0.4 is 5.73 Å². The number of rotatable bonds is 6. The summed E-state index contributed by atoms with van der Waals surface area (Å²) in [6.07, 6.45) is 4.41. The molecule has 0 aromatic carbocycles. The zero-order valence-electron chi connectivity index (χ0n) is 25.0. The molecule has 0 saturated heterocycles. The number of hydrogen-bond acceptors (Lipinski definition) is 11. The molecule has 228 valence electrons. The van der Waals surface area contributed by atoms with Gasteiger partial charge in [0.25, 0.3) is 0 Å². The van der Waals surface area contributed by atoms with E-state index in [2.05, 4.69) is 42.3 Å². The second-order valence-electron chi connectivity index (χ2n) is 12.7. The maximum Gasteiger partial charge on any atom is 0.420 e. The monoisotopic (exact) mass is 599 g/mol. The molecule has 3 fully saturated rings. The van der Waals surface area contributed by atoms with E-state index in [4.69, 9.17) is 15.2 Å². The molecule has 8 atom stereocenters. The lowest BCUT2D eigenvalue weighted by atomic mass is 9.44. The average Bonchev–Trinajstić information content (AvgIpc) is 3.54. The van der Waals surface area contributed by atoms with Crippen molar-refractivity contribution < 1.29 is 29.0 Å². The standard InChI is InChI=1S/C30H41N5O6S/c1-7-28(5)13-19(29(6)16(3)9-11-30(17(4)23(28)38)12-10-18(36)22(29)30)41-20(37)14-42-25-21-24(33-26(31)34-25)35(15-32-21)27(39)40-8-2/h7,15-17,19,22-23,38H,1,8-14H2,2-6H3,(H2,31,33,34)/t16-,17+,19-,22?,23+,28-,29+,30+/m1/s1. The number of aliphatic hydroxyl groups excluding tert-OH is 1. The van der Waals surface area contributed by atoms with Crippen LogP contribution in [-0.2, 0) is 19.1 Å². The van der Waals surface area contributed by atoms with E-state index < -0.39 is 35.1 Å². The summed E-state index contributed by atoms with van der Waals surface area (Å²) in [6, 6.07) is 0. The molecule has 0 spiro atoms. The lowest BCUT2D eigenvalue weighted by Crippen LogP contribution is -2.63. The number of nitrogens with zero attached hydrogens (tertiary/aromatic N) is 4. The van der Waals surface area contributed by atoms with E-state index in [1.165, 1.54) is 6.33 Å². The lowest BCUT2D eigenvalue weighted by Gasteiger charge is -2.61. The van der Waals surface area contributed by atoms with Crippen LogP contribution in [0.1, 0.15) is 66.7 Å². The van der Waals surface area contributed by atoms with Gasteiger partial charge in [0.1, 0.15) is 28.8 Å². The zero-order chi connectivity index (χ0) is 30.6. The number of carbonyl (C=O) groups is 3. The highest BCUT2D eigenvalue weighted by atomic mass is 32.2. The van der Waals surface area contributed by atoms with E-state index in [-0.39, 0.29) is 52.9 Å². The van der Waals surface area contributed by atoms with Gasteiger partial charge in [0.2, 0.25) is 5.95 Å². The van der Waals surface area contributed by atoms with Gasteiger partial charge in [-0.15, -0.1) is 6.58 Å². The molecule has 2 aromatic heterocycles. The lowest BCUT2D eigenvalue weighted by molar-refractivity contribution is -0.205. The van der Waals surface area contributed by atoms with Gasteiger partial charge in [-0.3, -0.25) is 9.59 Å². The number of aliphatic hydroxyl groups is 1. The zero-order valence-corrected chi connectivity index (χ0v) is 25.8. The number of carbonyl (C=O) groups excluding carboxylic acids is 3. The normalized spacial score (nSPS) is 36.1. The Labute approximate surface area is 250 Å². The molecule has 3 N–H and O–H groups in total. The fourth-order valence-corrected chi connectivity index (χ4v) is 8.90. The summed E-state index contributed by atoms with van der Waals surface area (Å²) < 4.78 is 12.5. The molecule has 0 radical (unpaired) electrons. The van der Waals surface area contributed by atoms with Crippen molar-refractivity contribution in [1.82, 2.24) is 19.5 Å². The molecule has 1 unspecified atom stereocenters. The first-order chi connectivity index (χ1) is 19.8.